The van der Waals surface area contributed by atoms with E-state index in [0.717, 1.165) is 57.8 Å². The highest BCUT2D eigenvalue weighted by molar-refractivity contribution is 5.71. The average molecular weight is 920 g/mol. The number of carbonyl (C=O) groups is 3. The van der Waals surface area contributed by atoms with Gasteiger partial charge in [0.05, 0.1) is 0 Å². The molecule has 65 heavy (non-hydrogen) atoms. The van der Waals surface area contributed by atoms with E-state index in [0.29, 0.717) is 19.3 Å². The zero-order valence-electron chi connectivity index (χ0n) is 44.3. The molecule has 0 aliphatic heterocycles. The van der Waals surface area contributed by atoms with Gasteiger partial charge >= 0.3 is 17.9 Å². The minimum Gasteiger partial charge on any atom is -0.462 e. The van der Waals surface area contributed by atoms with Crippen molar-refractivity contribution in [2.24, 2.45) is 0 Å². The summed E-state index contributed by atoms with van der Waals surface area (Å²) in [5, 5.41) is 0. The number of rotatable bonds is 55. The van der Waals surface area contributed by atoms with Gasteiger partial charge in [-0.1, -0.05) is 303 Å². The van der Waals surface area contributed by atoms with Crippen molar-refractivity contribution in [3.8, 4) is 0 Å². The van der Waals surface area contributed by atoms with Crippen LogP contribution in [-0.4, -0.2) is 37.2 Å². The van der Waals surface area contributed by atoms with E-state index in [-0.39, 0.29) is 31.1 Å². The highest BCUT2D eigenvalue weighted by atomic mass is 16.6. The molecule has 0 saturated heterocycles. The van der Waals surface area contributed by atoms with E-state index in [2.05, 4.69) is 20.8 Å². The molecule has 0 saturated carbocycles. The van der Waals surface area contributed by atoms with Crippen LogP contribution in [0.4, 0.5) is 0 Å². The van der Waals surface area contributed by atoms with Crippen molar-refractivity contribution < 1.29 is 28.6 Å². The number of carbonyl (C=O) groups excluding carboxylic acids is 3. The lowest BCUT2D eigenvalue weighted by atomic mass is 10.0. The molecule has 1 atom stereocenters. The highest BCUT2D eigenvalue weighted by Gasteiger charge is 2.19. The first kappa shape index (κ1) is 63.4. The van der Waals surface area contributed by atoms with E-state index in [9.17, 15) is 14.4 Å². The molecule has 0 bridgehead atoms. The molecule has 0 aromatic heterocycles. The van der Waals surface area contributed by atoms with Gasteiger partial charge in [-0.2, -0.15) is 0 Å². The number of unbranched alkanes of at least 4 members (excludes halogenated alkanes) is 44. The van der Waals surface area contributed by atoms with Crippen molar-refractivity contribution in [3.05, 3.63) is 0 Å². The Kier molecular flexibility index (Phi) is 53.7. The van der Waals surface area contributed by atoms with Crippen molar-refractivity contribution in [1.29, 1.82) is 0 Å². The molecule has 0 fully saturated rings. The molecular weight excluding hydrogens is 805 g/mol. The van der Waals surface area contributed by atoms with Gasteiger partial charge in [0.1, 0.15) is 13.2 Å². The first-order valence-corrected chi connectivity index (χ1v) is 29.5. The summed E-state index contributed by atoms with van der Waals surface area (Å²) in [6.07, 6.45) is 61.6. The topological polar surface area (TPSA) is 78.9 Å². The normalized spacial score (nSPS) is 11.9. The summed E-state index contributed by atoms with van der Waals surface area (Å²) in [6.45, 7) is 6.63. The Hall–Kier alpha value is -1.59. The predicted molar refractivity (Wildman–Crippen MR) is 280 cm³/mol. The quantitative estimate of drug-likeness (QED) is 0.0344. The fourth-order valence-electron chi connectivity index (χ4n) is 9.15. The van der Waals surface area contributed by atoms with Crippen LogP contribution in [0.2, 0.25) is 0 Å². The van der Waals surface area contributed by atoms with E-state index >= 15 is 0 Å². The molecule has 0 aromatic rings. The van der Waals surface area contributed by atoms with Gasteiger partial charge in [-0.25, -0.2) is 0 Å². The Morgan fingerprint density at radius 1 is 0.246 bits per heavy atom. The molecule has 6 nitrogen and oxygen atoms in total. The first-order chi connectivity index (χ1) is 32.0. The fourth-order valence-corrected chi connectivity index (χ4v) is 9.15. The molecule has 386 valence electrons. The van der Waals surface area contributed by atoms with Crippen LogP contribution in [0, 0.1) is 0 Å². The molecule has 0 radical (unpaired) electrons. The van der Waals surface area contributed by atoms with Crippen LogP contribution in [0.5, 0.6) is 0 Å². The van der Waals surface area contributed by atoms with Crippen LogP contribution in [0.15, 0.2) is 0 Å². The van der Waals surface area contributed by atoms with E-state index < -0.39 is 6.10 Å². The van der Waals surface area contributed by atoms with Crippen LogP contribution in [0.1, 0.15) is 342 Å². The summed E-state index contributed by atoms with van der Waals surface area (Å²) >= 11 is 0. The van der Waals surface area contributed by atoms with Crippen molar-refractivity contribution in [3.63, 3.8) is 0 Å². The largest absolute Gasteiger partial charge is 0.462 e. The molecule has 0 rings (SSSR count). The molecule has 0 aliphatic rings. The van der Waals surface area contributed by atoms with E-state index in [1.54, 1.807) is 0 Å². The standard InChI is InChI=1S/C59H114O6/c1-4-7-10-13-16-18-20-22-23-24-25-26-27-28-29-30-31-32-33-34-35-36-37-38-40-41-43-46-49-52-58(61)64-55-56(54-63-57(60)51-48-45-15-12-9-6-3)65-59(62)53-50-47-44-42-39-21-19-17-14-11-8-5-2/h56H,4-55H2,1-3H3. The van der Waals surface area contributed by atoms with E-state index in [4.69, 9.17) is 14.2 Å². The van der Waals surface area contributed by atoms with Crippen molar-refractivity contribution in [2.45, 2.75) is 348 Å². The summed E-state index contributed by atoms with van der Waals surface area (Å²) in [4.78, 5) is 37.8. The molecular formula is C59H114O6. The third kappa shape index (κ3) is 53.2. The zero-order chi connectivity index (χ0) is 47.2. The van der Waals surface area contributed by atoms with Gasteiger partial charge in [-0.3, -0.25) is 14.4 Å². The van der Waals surface area contributed by atoms with Crippen LogP contribution in [0.3, 0.4) is 0 Å². The number of hydrogen-bond acceptors (Lipinski definition) is 6. The third-order valence-electron chi connectivity index (χ3n) is 13.6. The Morgan fingerprint density at radius 2 is 0.415 bits per heavy atom. The van der Waals surface area contributed by atoms with Crippen LogP contribution in [-0.2, 0) is 28.6 Å². The van der Waals surface area contributed by atoms with E-state index in [1.807, 2.05) is 0 Å². The van der Waals surface area contributed by atoms with Gasteiger partial charge in [0.2, 0.25) is 0 Å². The second kappa shape index (κ2) is 55.0. The molecule has 0 N–H and O–H groups in total. The first-order valence-electron chi connectivity index (χ1n) is 29.5. The van der Waals surface area contributed by atoms with Crippen molar-refractivity contribution in [2.75, 3.05) is 13.2 Å². The van der Waals surface area contributed by atoms with Gasteiger partial charge in [0, 0.05) is 19.3 Å². The maximum atomic E-state index is 12.7. The molecule has 6 heteroatoms. The predicted octanol–water partition coefficient (Wildman–Crippen LogP) is 19.5. The molecule has 0 heterocycles. The van der Waals surface area contributed by atoms with Crippen LogP contribution in [0.25, 0.3) is 0 Å². The second-order valence-corrected chi connectivity index (χ2v) is 20.3. The zero-order valence-corrected chi connectivity index (χ0v) is 44.3. The lowest BCUT2D eigenvalue weighted by molar-refractivity contribution is -0.167. The molecule has 0 amide bonds. The smallest absolute Gasteiger partial charge is 0.306 e. The number of esters is 3. The second-order valence-electron chi connectivity index (χ2n) is 20.3. The van der Waals surface area contributed by atoms with E-state index in [1.165, 1.54) is 244 Å². The molecule has 0 aliphatic carbocycles. The summed E-state index contributed by atoms with van der Waals surface area (Å²) < 4.78 is 16.7. The van der Waals surface area contributed by atoms with Gasteiger partial charge in [0.15, 0.2) is 6.10 Å². The van der Waals surface area contributed by atoms with Crippen molar-refractivity contribution >= 4 is 17.9 Å². The summed E-state index contributed by atoms with van der Waals surface area (Å²) in [5.41, 5.74) is 0. The Morgan fingerprint density at radius 3 is 0.615 bits per heavy atom. The summed E-state index contributed by atoms with van der Waals surface area (Å²) in [6, 6.07) is 0. The SMILES string of the molecule is CCCCCCCCCCCCCCCCCCCCCCCCCCCCCCCC(=O)OCC(COC(=O)CCCCCCCC)OC(=O)CCCCCCCCCCCCCC. The average Bonchev–Trinajstić information content (AvgIpc) is 3.30. The minimum atomic E-state index is -0.758. The summed E-state index contributed by atoms with van der Waals surface area (Å²) in [5.74, 6) is -0.851. The number of ether oxygens (including phenoxy) is 3. The third-order valence-corrected chi connectivity index (χ3v) is 13.6. The lowest BCUT2D eigenvalue weighted by Crippen LogP contribution is -2.30. The van der Waals surface area contributed by atoms with Gasteiger partial charge in [-0.15, -0.1) is 0 Å². The molecule has 0 spiro atoms. The fraction of sp³-hybridized carbons (Fsp3) is 0.949. The van der Waals surface area contributed by atoms with Gasteiger partial charge in [0.25, 0.3) is 0 Å². The van der Waals surface area contributed by atoms with Crippen LogP contribution < -0.4 is 0 Å². The Bertz CT molecular complexity index is 967. The Balaban J connectivity index is 3.90. The Labute approximate surface area is 406 Å². The lowest BCUT2D eigenvalue weighted by Gasteiger charge is -2.18. The number of hydrogen-bond donors (Lipinski definition) is 0. The summed E-state index contributed by atoms with van der Waals surface area (Å²) in [7, 11) is 0. The monoisotopic (exact) mass is 919 g/mol. The maximum absolute atomic E-state index is 12.7. The molecule has 0 aromatic carbocycles. The van der Waals surface area contributed by atoms with Crippen LogP contribution >= 0.6 is 0 Å². The van der Waals surface area contributed by atoms with Gasteiger partial charge < -0.3 is 14.2 Å². The minimum absolute atomic E-state index is 0.0626. The highest BCUT2D eigenvalue weighted by Crippen LogP contribution is 2.18. The van der Waals surface area contributed by atoms with Crippen molar-refractivity contribution in [1.82, 2.24) is 0 Å². The molecule has 1 unspecified atom stereocenters. The maximum Gasteiger partial charge on any atom is 0.306 e. The van der Waals surface area contributed by atoms with Gasteiger partial charge in [-0.05, 0) is 19.3 Å².